The molecule has 1 radical (unpaired) electrons. The highest BCUT2D eigenvalue weighted by Crippen LogP contribution is 2.29. The summed E-state index contributed by atoms with van der Waals surface area (Å²) in [4.78, 5) is 0. The average Bonchev–Trinajstić information content (AvgIpc) is 1.84. The van der Waals surface area contributed by atoms with Crippen molar-refractivity contribution in [3.8, 4) is 0 Å². The Hall–Kier alpha value is -0.260. The first-order valence-electron chi connectivity index (χ1n) is 4.96. The molecule has 0 amide bonds. The quantitative estimate of drug-likeness (QED) is 0.537. The van der Waals surface area contributed by atoms with Crippen LogP contribution in [0.1, 0.15) is 47.0 Å². The fraction of sp³-hybridized carbons (Fsp3) is 0.750. The van der Waals surface area contributed by atoms with Crippen molar-refractivity contribution in [3.63, 3.8) is 0 Å². The van der Waals surface area contributed by atoms with E-state index >= 15 is 0 Å². The molecule has 0 saturated heterocycles. The van der Waals surface area contributed by atoms with Gasteiger partial charge in [0.2, 0.25) is 0 Å². The highest BCUT2D eigenvalue weighted by molar-refractivity contribution is 4.87. The van der Waals surface area contributed by atoms with E-state index in [0.717, 1.165) is 6.42 Å². The Kier molecular flexibility index (Phi) is 5.28. The monoisotopic (exact) mass is 167 g/mol. The molecule has 0 fully saturated rings. The van der Waals surface area contributed by atoms with E-state index in [2.05, 4.69) is 46.8 Å². The Morgan fingerprint density at radius 2 is 1.92 bits per heavy atom. The minimum atomic E-state index is 0.423. The topological polar surface area (TPSA) is 0 Å². The van der Waals surface area contributed by atoms with Crippen LogP contribution in [0.25, 0.3) is 0 Å². The van der Waals surface area contributed by atoms with Crippen molar-refractivity contribution < 1.29 is 0 Å². The van der Waals surface area contributed by atoms with Crippen molar-refractivity contribution in [1.29, 1.82) is 0 Å². The van der Waals surface area contributed by atoms with Gasteiger partial charge in [-0.2, -0.15) is 0 Å². The van der Waals surface area contributed by atoms with Crippen LogP contribution in [0.3, 0.4) is 0 Å². The first kappa shape index (κ1) is 11.7. The van der Waals surface area contributed by atoms with Crippen molar-refractivity contribution in [2.75, 3.05) is 0 Å². The van der Waals surface area contributed by atoms with Gasteiger partial charge in [0.05, 0.1) is 0 Å². The maximum atomic E-state index is 4.03. The third kappa shape index (κ3) is 6.45. The molecule has 0 nitrogen and oxygen atoms in total. The van der Waals surface area contributed by atoms with Gasteiger partial charge in [-0.05, 0) is 30.6 Å². The van der Waals surface area contributed by atoms with Gasteiger partial charge in [0, 0.05) is 0 Å². The largest absolute Gasteiger partial charge is 0.0888 e. The van der Waals surface area contributed by atoms with Gasteiger partial charge in [0.1, 0.15) is 0 Å². The maximum Gasteiger partial charge on any atom is -0.0299 e. The average molecular weight is 167 g/mol. The lowest BCUT2D eigenvalue weighted by molar-refractivity contribution is 0.303. The smallest absolute Gasteiger partial charge is 0.0299 e. The summed E-state index contributed by atoms with van der Waals surface area (Å²) in [5.41, 5.74) is 0.423. The molecule has 0 bridgehead atoms. The molecule has 71 valence electrons. The fourth-order valence-electron chi connectivity index (χ4n) is 1.60. The third-order valence-electron chi connectivity index (χ3n) is 1.97. The van der Waals surface area contributed by atoms with E-state index in [4.69, 9.17) is 0 Å². The van der Waals surface area contributed by atoms with Gasteiger partial charge in [0.25, 0.3) is 0 Å². The molecular formula is C12H23. The van der Waals surface area contributed by atoms with E-state index in [1.807, 2.05) is 0 Å². The van der Waals surface area contributed by atoms with Crippen molar-refractivity contribution in [1.82, 2.24) is 0 Å². The minimum absolute atomic E-state index is 0.423. The molecular weight excluding hydrogens is 144 g/mol. The second kappa shape index (κ2) is 5.40. The molecule has 0 heterocycles. The Balaban J connectivity index is 3.78. The number of allylic oxidation sites excluding steroid dienone is 2. The third-order valence-corrected chi connectivity index (χ3v) is 1.97. The zero-order chi connectivity index (χ0) is 9.61. The lowest BCUT2D eigenvalue weighted by Gasteiger charge is -2.24. The van der Waals surface area contributed by atoms with Gasteiger partial charge in [-0.1, -0.05) is 46.8 Å². The fourth-order valence-corrected chi connectivity index (χ4v) is 1.60. The predicted octanol–water partition coefficient (Wildman–Crippen LogP) is 4.23. The molecule has 1 atom stereocenters. The van der Waals surface area contributed by atoms with Crippen LogP contribution < -0.4 is 0 Å². The number of hydrogen-bond acceptors (Lipinski definition) is 0. The summed E-state index contributed by atoms with van der Waals surface area (Å²) >= 11 is 0. The Morgan fingerprint density at radius 3 is 2.33 bits per heavy atom. The molecule has 0 aliphatic heterocycles. The molecule has 0 aromatic heterocycles. The lowest BCUT2D eigenvalue weighted by atomic mass is 9.81. The number of hydrogen-bond donors (Lipinski definition) is 0. The highest BCUT2D eigenvalue weighted by atomic mass is 14.2. The Labute approximate surface area is 78.1 Å². The molecule has 0 heteroatoms. The van der Waals surface area contributed by atoms with Crippen LogP contribution in [0.5, 0.6) is 0 Å². The lowest BCUT2D eigenvalue weighted by Crippen LogP contribution is -2.13. The van der Waals surface area contributed by atoms with E-state index in [1.54, 1.807) is 0 Å². The summed E-state index contributed by atoms with van der Waals surface area (Å²) in [6.07, 6.45) is 8.08. The summed E-state index contributed by atoms with van der Waals surface area (Å²) in [5.74, 6) is 0.565. The van der Waals surface area contributed by atoms with Gasteiger partial charge < -0.3 is 0 Å². The molecule has 0 aliphatic rings. The van der Waals surface area contributed by atoms with Crippen LogP contribution in [0.15, 0.2) is 12.2 Å². The summed E-state index contributed by atoms with van der Waals surface area (Å²) in [6, 6.07) is 0. The summed E-state index contributed by atoms with van der Waals surface area (Å²) in [7, 11) is 0. The molecule has 0 aliphatic carbocycles. The SMILES string of the molecule is [CH2]C(C)CC(C)(C)CC=CCC. The highest BCUT2D eigenvalue weighted by Gasteiger charge is 2.17. The zero-order valence-electron chi connectivity index (χ0n) is 9.06. The predicted molar refractivity (Wildman–Crippen MR) is 57.0 cm³/mol. The van der Waals surface area contributed by atoms with Gasteiger partial charge >= 0.3 is 0 Å². The molecule has 0 saturated carbocycles. The maximum absolute atomic E-state index is 4.03. The van der Waals surface area contributed by atoms with Gasteiger partial charge in [-0.15, -0.1) is 0 Å². The van der Waals surface area contributed by atoms with Gasteiger partial charge in [-0.3, -0.25) is 0 Å². The molecule has 1 unspecified atom stereocenters. The summed E-state index contributed by atoms with van der Waals surface area (Å²) in [6.45, 7) is 13.0. The van der Waals surface area contributed by atoms with E-state index in [-0.39, 0.29) is 0 Å². The van der Waals surface area contributed by atoms with E-state index < -0.39 is 0 Å². The Bertz CT molecular complexity index is 129. The van der Waals surface area contributed by atoms with Crippen molar-refractivity contribution >= 4 is 0 Å². The van der Waals surface area contributed by atoms with Crippen LogP contribution in [-0.2, 0) is 0 Å². The second-order valence-corrected chi connectivity index (χ2v) is 4.56. The Morgan fingerprint density at radius 1 is 1.33 bits per heavy atom. The molecule has 0 aromatic rings. The first-order valence-corrected chi connectivity index (χ1v) is 4.96. The van der Waals surface area contributed by atoms with Crippen LogP contribution in [0.4, 0.5) is 0 Å². The van der Waals surface area contributed by atoms with Crippen molar-refractivity contribution in [2.24, 2.45) is 11.3 Å². The van der Waals surface area contributed by atoms with E-state index in [9.17, 15) is 0 Å². The van der Waals surface area contributed by atoms with E-state index in [0.29, 0.717) is 11.3 Å². The summed E-state index contributed by atoms with van der Waals surface area (Å²) < 4.78 is 0. The van der Waals surface area contributed by atoms with Crippen molar-refractivity contribution in [3.05, 3.63) is 19.1 Å². The van der Waals surface area contributed by atoms with Crippen LogP contribution in [0, 0.1) is 18.3 Å². The molecule has 0 rings (SSSR count). The van der Waals surface area contributed by atoms with Crippen molar-refractivity contribution in [2.45, 2.75) is 47.0 Å². The van der Waals surface area contributed by atoms with Gasteiger partial charge in [0.15, 0.2) is 0 Å². The molecule has 0 N–H and O–H groups in total. The first-order chi connectivity index (χ1) is 5.48. The van der Waals surface area contributed by atoms with E-state index in [1.165, 1.54) is 12.8 Å². The van der Waals surface area contributed by atoms with Crippen LogP contribution >= 0.6 is 0 Å². The number of rotatable bonds is 5. The summed E-state index contributed by atoms with van der Waals surface area (Å²) in [5, 5.41) is 0. The molecule has 12 heavy (non-hydrogen) atoms. The van der Waals surface area contributed by atoms with Crippen LogP contribution in [-0.4, -0.2) is 0 Å². The van der Waals surface area contributed by atoms with Gasteiger partial charge in [-0.25, -0.2) is 0 Å². The standard InChI is InChI=1S/C12H23/c1-6-7-8-9-12(4,5)10-11(2)3/h7-8,11H,2,6,9-10H2,1,3-5H3. The second-order valence-electron chi connectivity index (χ2n) is 4.56. The zero-order valence-corrected chi connectivity index (χ0v) is 9.06. The molecule has 0 spiro atoms. The van der Waals surface area contributed by atoms with Crippen LogP contribution in [0.2, 0.25) is 0 Å². The normalized spacial score (nSPS) is 13.2. The molecule has 0 aromatic carbocycles. The minimum Gasteiger partial charge on any atom is -0.0888 e.